The van der Waals surface area contributed by atoms with Crippen LogP contribution in [0.3, 0.4) is 0 Å². The standard InChI is InChI=1S/C34H38N4O4.Fe/c1-7-21-17(3)25-13-26-19(5)23(9-11-33(39)40)31(37-26)16-32-24(10-12-34(41)42)20(6)28(38-32)15-30-22(8-2)18(4)27(36-30)14-29(21)35-25;/h13-16,35,38H,7-12H2,1-6H3,(H,39,40)(H,41,42);. The van der Waals surface area contributed by atoms with E-state index in [2.05, 4.69) is 49.8 Å². The van der Waals surface area contributed by atoms with Crippen LogP contribution >= 0.6 is 0 Å². The Morgan fingerprint density at radius 2 is 1.07 bits per heavy atom. The molecule has 0 saturated heterocycles. The largest absolute Gasteiger partial charge is 0.481 e. The number of rotatable bonds is 8. The zero-order valence-corrected chi connectivity index (χ0v) is 26.6. The molecule has 3 aromatic heterocycles. The average molecular weight is 623 g/mol. The fourth-order valence-corrected chi connectivity index (χ4v) is 6.22. The maximum atomic E-state index is 11.5. The molecule has 8 bridgehead atoms. The van der Waals surface area contributed by atoms with E-state index in [0.29, 0.717) is 18.5 Å². The molecule has 2 aliphatic rings. The predicted octanol–water partition coefficient (Wildman–Crippen LogP) is 7.64. The summed E-state index contributed by atoms with van der Waals surface area (Å²) in [7, 11) is 0. The minimum absolute atomic E-state index is 0. The first-order valence-corrected chi connectivity index (χ1v) is 14.6. The van der Waals surface area contributed by atoms with E-state index in [1.807, 2.05) is 26.0 Å². The Hall–Kier alpha value is -3.94. The van der Waals surface area contributed by atoms with Crippen LogP contribution in [0, 0.1) is 13.8 Å². The molecule has 226 valence electrons. The van der Waals surface area contributed by atoms with Crippen LogP contribution in [-0.4, -0.2) is 42.1 Å². The zero-order valence-electron chi connectivity index (χ0n) is 25.5. The van der Waals surface area contributed by atoms with E-state index >= 15 is 0 Å². The molecule has 3 aromatic rings. The van der Waals surface area contributed by atoms with Crippen LogP contribution in [0.15, 0.2) is 24.3 Å². The van der Waals surface area contributed by atoms with Gasteiger partial charge < -0.3 is 20.2 Å². The molecule has 5 heterocycles. The Bertz CT molecular complexity index is 1860. The van der Waals surface area contributed by atoms with Crippen molar-refractivity contribution in [3.63, 3.8) is 0 Å². The minimum Gasteiger partial charge on any atom is -0.481 e. The van der Waals surface area contributed by atoms with E-state index in [-0.39, 0.29) is 29.9 Å². The predicted molar refractivity (Wildman–Crippen MR) is 168 cm³/mol. The van der Waals surface area contributed by atoms with Gasteiger partial charge in [0.05, 0.1) is 22.8 Å². The Morgan fingerprint density at radius 3 is 1.63 bits per heavy atom. The average Bonchev–Trinajstić information content (AvgIpc) is 3.59. The zero-order chi connectivity index (χ0) is 30.3. The van der Waals surface area contributed by atoms with E-state index < -0.39 is 11.9 Å². The molecule has 4 N–H and O–H groups in total. The third-order valence-electron chi connectivity index (χ3n) is 8.69. The molecule has 0 saturated carbocycles. The summed E-state index contributed by atoms with van der Waals surface area (Å²) < 4.78 is 0. The van der Waals surface area contributed by atoms with Gasteiger partial charge in [-0.25, -0.2) is 9.97 Å². The number of nitrogens with one attached hydrogen (secondary N) is 2. The molecule has 0 aliphatic carbocycles. The number of aryl methyl sites for hydroxylation is 4. The Morgan fingerprint density at radius 1 is 0.628 bits per heavy atom. The second kappa shape index (κ2) is 12.7. The molecule has 43 heavy (non-hydrogen) atoms. The molecule has 9 heteroatoms. The van der Waals surface area contributed by atoms with E-state index in [1.165, 1.54) is 11.1 Å². The fraction of sp³-hybridized carbons (Fsp3) is 0.353. The number of hydrogen-bond acceptors (Lipinski definition) is 4. The van der Waals surface area contributed by atoms with Crippen molar-refractivity contribution in [1.82, 2.24) is 19.9 Å². The van der Waals surface area contributed by atoms with Crippen molar-refractivity contribution in [3.05, 3.63) is 69.3 Å². The SMILES string of the molecule is CCC1=C(C)c2cc3[nH]c(cc4nc(cc5[nH]c(cc1n2)c(C)c5CCC(=O)O)C(CCC(=O)O)=C4C)c(C)c3CC.[Fe]. The van der Waals surface area contributed by atoms with E-state index in [9.17, 15) is 19.8 Å². The number of hydrogen-bond donors (Lipinski definition) is 4. The van der Waals surface area contributed by atoms with Gasteiger partial charge in [0, 0.05) is 52.0 Å². The van der Waals surface area contributed by atoms with Gasteiger partial charge in [-0.1, -0.05) is 13.8 Å². The molecule has 0 amide bonds. The smallest absolute Gasteiger partial charge is 0.303 e. The van der Waals surface area contributed by atoms with Crippen molar-refractivity contribution >= 4 is 56.3 Å². The van der Waals surface area contributed by atoms with E-state index in [0.717, 1.165) is 85.4 Å². The summed E-state index contributed by atoms with van der Waals surface area (Å²) in [5.41, 5.74) is 15.4. The van der Waals surface area contributed by atoms with Gasteiger partial charge in [0.25, 0.3) is 0 Å². The third-order valence-corrected chi connectivity index (χ3v) is 8.69. The van der Waals surface area contributed by atoms with Crippen LogP contribution < -0.4 is 0 Å². The molecule has 0 radical (unpaired) electrons. The minimum atomic E-state index is -0.864. The van der Waals surface area contributed by atoms with Gasteiger partial charge in [0.2, 0.25) is 0 Å². The van der Waals surface area contributed by atoms with Crippen LogP contribution in [-0.2, 0) is 39.5 Å². The monoisotopic (exact) mass is 622 g/mol. The number of aromatic nitrogens is 4. The van der Waals surface area contributed by atoms with Gasteiger partial charge in [0.1, 0.15) is 0 Å². The van der Waals surface area contributed by atoms with Crippen LogP contribution in [0.4, 0.5) is 0 Å². The summed E-state index contributed by atoms with van der Waals surface area (Å²) in [5.74, 6) is -1.72. The van der Waals surface area contributed by atoms with Gasteiger partial charge in [-0.15, -0.1) is 0 Å². The van der Waals surface area contributed by atoms with Gasteiger partial charge in [-0.2, -0.15) is 0 Å². The van der Waals surface area contributed by atoms with Crippen molar-refractivity contribution in [2.24, 2.45) is 0 Å². The molecular formula is C34H38FeN4O4. The summed E-state index contributed by atoms with van der Waals surface area (Å²) in [6.45, 7) is 12.5. The quantitative estimate of drug-likeness (QED) is 0.191. The number of allylic oxidation sites excluding steroid dienone is 4. The first-order chi connectivity index (χ1) is 20.0. The van der Waals surface area contributed by atoms with E-state index in [4.69, 9.17) is 9.97 Å². The number of nitrogens with zero attached hydrogens (tertiary/aromatic N) is 2. The van der Waals surface area contributed by atoms with Gasteiger partial charge in [0.15, 0.2) is 0 Å². The van der Waals surface area contributed by atoms with Crippen molar-refractivity contribution in [3.8, 4) is 0 Å². The first-order valence-electron chi connectivity index (χ1n) is 14.6. The number of carbonyl (C=O) groups is 2. The topological polar surface area (TPSA) is 132 Å². The summed E-state index contributed by atoms with van der Waals surface area (Å²) in [6.07, 6.45) is 2.39. The van der Waals surface area contributed by atoms with Gasteiger partial charge in [-0.05, 0) is 122 Å². The Balaban J connectivity index is 0.00000423. The molecular weight excluding hydrogens is 584 g/mol. The van der Waals surface area contributed by atoms with Crippen LogP contribution in [0.25, 0.3) is 44.4 Å². The third kappa shape index (κ3) is 6.10. The number of H-pyrrole nitrogens is 2. The van der Waals surface area contributed by atoms with Crippen molar-refractivity contribution in [2.75, 3.05) is 0 Å². The van der Waals surface area contributed by atoms with Crippen LogP contribution in [0.1, 0.15) is 98.4 Å². The Kier molecular flexibility index (Phi) is 9.47. The number of aliphatic carboxylic acids is 2. The number of aromatic amines is 2. The van der Waals surface area contributed by atoms with Crippen LogP contribution in [0.2, 0.25) is 0 Å². The molecule has 0 spiro atoms. The van der Waals surface area contributed by atoms with Crippen molar-refractivity contribution < 1.29 is 36.9 Å². The Labute approximate surface area is 261 Å². The molecule has 0 atom stereocenters. The molecule has 0 aromatic carbocycles. The fourth-order valence-electron chi connectivity index (χ4n) is 6.22. The number of carboxylic acid groups (broad SMARTS) is 2. The first kappa shape index (κ1) is 32.0. The normalized spacial score (nSPS) is 13.0. The second-order valence-corrected chi connectivity index (χ2v) is 11.2. The maximum Gasteiger partial charge on any atom is 0.303 e. The van der Waals surface area contributed by atoms with Crippen molar-refractivity contribution in [2.45, 2.75) is 80.1 Å². The summed E-state index contributed by atoms with van der Waals surface area (Å²) in [6, 6.07) is 8.19. The molecule has 8 nitrogen and oxygen atoms in total. The second-order valence-electron chi connectivity index (χ2n) is 11.2. The molecule has 2 aliphatic heterocycles. The number of fused-ring (bicyclic) bond motifs is 8. The number of carboxylic acids is 2. The van der Waals surface area contributed by atoms with Gasteiger partial charge >= 0.3 is 11.9 Å². The van der Waals surface area contributed by atoms with E-state index in [1.54, 1.807) is 0 Å². The molecule has 5 rings (SSSR count). The summed E-state index contributed by atoms with van der Waals surface area (Å²) in [5, 5.41) is 18.9. The van der Waals surface area contributed by atoms with Gasteiger partial charge in [-0.3, -0.25) is 9.59 Å². The molecule has 0 unspecified atom stereocenters. The van der Waals surface area contributed by atoms with Crippen LogP contribution in [0.5, 0.6) is 0 Å². The van der Waals surface area contributed by atoms with Crippen molar-refractivity contribution in [1.29, 1.82) is 0 Å². The molecule has 0 fully saturated rings. The summed E-state index contributed by atoms with van der Waals surface area (Å²) >= 11 is 0. The summed E-state index contributed by atoms with van der Waals surface area (Å²) in [4.78, 5) is 40.3. The maximum absolute atomic E-state index is 11.5.